The summed E-state index contributed by atoms with van der Waals surface area (Å²) in [6.45, 7) is 12.3. The molecule has 4 unspecified atom stereocenters. The van der Waals surface area contributed by atoms with E-state index in [9.17, 15) is 9.90 Å². The highest BCUT2D eigenvalue weighted by Crippen LogP contribution is 2.39. The van der Waals surface area contributed by atoms with Gasteiger partial charge in [-0.3, -0.25) is 4.57 Å². The van der Waals surface area contributed by atoms with E-state index in [1.807, 2.05) is 13.8 Å². The van der Waals surface area contributed by atoms with E-state index in [0.29, 0.717) is 0 Å². The van der Waals surface area contributed by atoms with E-state index in [2.05, 4.69) is 31.9 Å². The van der Waals surface area contributed by atoms with Gasteiger partial charge in [-0.15, -0.1) is 0 Å². The van der Waals surface area contributed by atoms with Crippen molar-refractivity contribution < 1.29 is 18.7 Å². The van der Waals surface area contributed by atoms with Crippen LogP contribution in [0.1, 0.15) is 46.8 Å². The zero-order chi connectivity index (χ0) is 21.8. The fourth-order valence-corrected chi connectivity index (χ4v) is 7.22. The van der Waals surface area contributed by atoms with Crippen molar-refractivity contribution in [3.63, 3.8) is 0 Å². The van der Waals surface area contributed by atoms with Gasteiger partial charge in [0.2, 0.25) is 0 Å². The number of hydrogen-bond acceptors (Lipinski definition) is 7. The van der Waals surface area contributed by atoms with Crippen molar-refractivity contribution in [2.24, 2.45) is 0 Å². The molecule has 1 aromatic rings. The average molecular weight is 444 g/mol. The lowest BCUT2D eigenvalue weighted by atomic mass is 9.96. The molecule has 0 spiro atoms. The third kappa shape index (κ3) is 5.99. The van der Waals surface area contributed by atoms with Gasteiger partial charge in [-0.25, -0.2) is 4.79 Å². The van der Waals surface area contributed by atoms with Crippen molar-refractivity contribution in [3.05, 3.63) is 22.7 Å². The highest BCUT2D eigenvalue weighted by Gasteiger charge is 2.53. The van der Waals surface area contributed by atoms with Crippen molar-refractivity contribution in [2.75, 3.05) is 5.73 Å². The minimum absolute atomic E-state index is 0.147. The molecule has 10 heteroatoms. The van der Waals surface area contributed by atoms with Crippen LogP contribution in [-0.2, 0) is 13.6 Å². The second-order valence-electron chi connectivity index (χ2n) is 8.88. The molecule has 4 atom stereocenters. The highest BCUT2D eigenvalue weighted by atomic mass is 28.4. The first-order chi connectivity index (χ1) is 13.5. The fraction of sp³-hybridized carbons (Fsp3) is 0.789. The largest absolute Gasteiger partial charge is 0.416 e. The van der Waals surface area contributed by atoms with E-state index >= 15 is 0 Å². The van der Waals surface area contributed by atoms with Crippen LogP contribution in [0, 0.1) is 0 Å². The van der Waals surface area contributed by atoms with Gasteiger partial charge in [0.05, 0.1) is 5.60 Å². The summed E-state index contributed by atoms with van der Waals surface area (Å²) in [5.74, 6) is 0.147. The summed E-state index contributed by atoms with van der Waals surface area (Å²) in [7, 11) is -2.79. The van der Waals surface area contributed by atoms with Crippen LogP contribution in [0.2, 0.25) is 25.2 Å². The van der Waals surface area contributed by atoms with Crippen LogP contribution in [0.3, 0.4) is 0 Å². The predicted molar refractivity (Wildman–Crippen MR) is 119 cm³/mol. The summed E-state index contributed by atoms with van der Waals surface area (Å²) in [5, 5.41) is 11.2. The zero-order valence-electron chi connectivity index (χ0n) is 18.6. The topological polar surface area (TPSA) is 109 Å². The lowest BCUT2D eigenvalue weighted by Crippen LogP contribution is -2.50. The maximum absolute atomic E-state index is 12.5. The van der Waals surface area contributed by atoms with Crippen LogP contribution in [0.25, 0.3) is 0 Å². The number of hydrogen-bond donors (Lipinski definition) is 2. The number of nitrogen functional groups attached to an aromatic ring is 1. The number of aliphatic hydroxyl groups is 1. The summed E-state index contributed by atoms with van der Waals surface area (Å²) < 4.78 is 20.2. The van der Waals surface area contributed by atoms with Gasteiger partial charge in [0.1, 0.15) is 24.1 Å². The number of nitrogens with two attached hydrogens (primary N) is 1. The van der Waals surface area contributed by atoms with Gasteiger partial charge in [-0.1, -0.05) is 26.7 Å². The Labute approximate surface area is 176 Å². The highest BCUT2D eigenvalue weighted by molar-refractivity contribution is 6.71. The Balaban J connectivity index is 2.36. The minimum Gasteiger partial charge on any atom is -0.416 e. The lowest BCUT2D eigenvalue weighted by molar-refractivity contribution is -0.112. The molecule has 2 heterocycles. The van der Waals surface area contributed by atoms with Crippen molar-refractivity contribution in [2.45, 2.75) is 95.9 Å². The first kappa shape index (κ1) is 24.2. The summed E-state index contributed by atoms with van der Waals surface area (Å²) in [4.78, 5) is 16.3. The Morgan fingerprint density at radius 1 is 1.38 bits per heavy atom. The maximum atomic E-state index is 12.5. The number of aromatic nitrogens is 2. The van der Waals surface area contributed by atoms with Gasteiger partial charge in [-0.2, -0.15) is 4.98 Å². The number of aliphatic hydroxyl groups excluding tert-OH is 1. The van der Waals surface area contributed by atoms with Gasteiger partial charge >= 0.3 is 5.69 Å². The Morgan fingerprint density at radius 3 is 2.66 bits per heavy atom. The van der Waals surface area contributed by atoms with Crippen molar-refractivity contribution in [3.8, 4) is 0 Å². The molecule has 1 aliphatic heterocycles. The molecular formula is C19H37N3O5Si2. The number of rotatable bonds is 10. The second kappa shape index (κ2) is 9.84. The standard InChI is InChI=1S/C19H37N3O5Si2/c1-7-11-28-27-19(3,4)16-14(23)15(26-29(5,6)12-8-2)17(25-16)22-10-9-13(20)21-18(22)24/h9-10,14-17,23H,7-8,11-12,28H2,1-6H3,(H2,20,21,24). The molecule has 1 aliphatic rings. The SMILES string of the molecule is CCC[SiH2]OC(C)(C)C1OC(n2ccc(N)nc2=O)C(O[Si](C)(C)CCC)C1O. The van der Waals surface area contributed by atoms with Crippen LogP contribution in [-0.4, -0.2) is 56.7 Å². The molecule has 0 aliphatic carbocycles. The van der Waals surface area contributed by atoms with Gasteiger partial charge in [-0.05, 0) is 45.1 Å². The summed E-state index contributed by atoms with van der Waals surface area (Å²) in [5.41, 5.74) is 4.43. The van der Waals surface area contributed by atoms with E-state index in [-0.39, 0.29) is 5.82 Å². The first-order valence-corrected chi connectivity index (χ1v) is 15.2. The van der Waals surface area contributed by atoms with E-state index in [1.54, 1.807) is 12.3 Å². The van der Waals surface area contributed by atoms with E-state index < -0.39 is 53.9 Å². The van der Waals surface area contributed by atoms with Gasteiger partial charge < -0.3 is 24.4 Å². The molecule has 0 saturated carbocycles. The number of ether oxygens (including phenoxy) is 1. The Hall–Kier alpha value is -1.05. The fourth-order valence-electron chi connectivity index (χ4n) is 3.79. The Morgan fingerprint density at radius 2 is 2.07 bits per heavy atom. The van der Waals surface area contributed by atoms with E-state index in [4.69, 9.17) is 19.3 Å². The molecule has 8 nitrogen and oxygen atoms in total. The minimum atomic E-state index is -2.07. The average Bonchev–Trinajstić information content (AvgIpc) is 2.92. The third-order valence-corrected chi connectivity index (χ3v) is 9.86. The van der Waals surface area contributed by atoms with Crippen LogP contribution >= 0.6 is 0 Å². The molecule has 1 fully saturated rings. The Bertz CT molecular complexity index is 728. The normalized spacial score (nSPS) is 25.9. The van der Waals surface area contributed by atoms with Gasteiger partial charge in [0.25, 0.3) is 0 Å². The molecule has 0 bridgehead atoms. The van der Waals surface area contributed by atoms with Gasteiger partial charge in [0.15, 0.2) is 24.3 Å². The molecule has 0 amide bonds. The van der Waals surface area contributed by atoms with Crippen LogP contribution < -0.4 is 11.4 Å². The molecule has 3 N–H and O–H groups in total. The predicted octanol–water partition coefficient (Wildman–Crippen LogP) is 1.79. The monoisotopic (exact) mass is 443 g/mol. The third-order valence-electron chi connectivity index (χ3n) is 5.30. The smallest absolute Gasteiger partial charge is 0.351 e. The van der Waals surface area contributed by atoms with E-state index in [1.165, 1.54) is 4.57 Å². The first-order valence-electron chi connectivity index (χ1n) is 10.5. The Kier molecular flexibility index (Phi) is 8.22. The molecule has 2 rings (SSSR count). The maximum Gasteiger partial charge on any atom is 0.351 e. The van der Waals surface area contributed by atoms with Crippen molar-refractivity contribution in [1.29, 1.82) is 0 Å². The molecule has 1 saturated heterocycles. The van der Waals surface area contributed by atoms with Crippen LogP contribution in [0.5, 0.6) is 0 Å². The molecule has 1 aromatic heterocycles. The molecule has 29 heavy (non-hydrogen) atoms. The number of anilines is 1. The second-order valence-corrected chi connectivity index (χ2v) is 14.5. The summed E-state index contributed by atoms with van der Waals surface area (Å²) in [6.07, 6.45) is 0.638. The van der Waals surface area contributed by atoms with Crippen LogP contribution in [0.15, 0.2) is 17.1 Å². The summed E-state index contributed by atoms with van der Waals surface area (Å²) >= 11 is 0. The van der Waals surface area contributed by atoms with Crippen molar-refractivity contribution in [1.82, 2.24) is 9.55 Å². The van der Waals surface area contributed by atoms with Crippen molar-refractivity contribution >= 4 is 23.9 Å². The van der Waals surface area contributed by atoms with Crippen LogP contribution in [0.4, 0.5) is 5.82 Å². The lowest BCUT2D eigenvalue weighted by Gasteiger charge is -2.34. The summed E-state index contributed by atoms with van der Waals surface area (Å²) in [6, 6.07) is 3.56. The molecular weight excluding hydrogens is 406 g/mol. The molecule has 0 radical (unpaired) electrons. The quantitative estimate of drug-likeness (QED) is 0.419. The molecule has 0 aromatic carbocycles. The van der Waals surface area contributed by atoms with Gasteiger partial charge in [0, 0.05) is 6.20 Å². The zero-order valence-corrected chi connectivity index (χ0v) is 21.0. The molecule has 166 valence electrons. The number of nitrogens with zero attached hydrogens (tertiary/aromatic N) is 2. The van der Waals surface area contributed by atoms with E-state index in [0.717, 1.165) is 24.9 Å².